The van der Waals surface area contributed by atoms with Crippen LogP contribution in [-0.2, 0) is 45.2 Å². The zero-order valence-corrected chi connectivity index (χ0v) is 38.9. The van der Waals surface area contributed by atoms with E-state index in [-0.39, 0.29) is 47.8 Å². The van der Waals surface area contributed by atoms with E-state index in [4.69, 9.17) is 18.6 Å². The molecule has 0 atom stereocenters. The van der Waals surface area contributed by atoms with E-state index in [0.29, 0.717) is 24.8 Å². The van der Waals surface area contributed by atoms with Crippen LogP contribution in [0.1, 0.15) is 115 Å². The van der Waals surface area contributed by atoms with Crippen molar-refractivity contribution in [3.05, 3.63) is 128 Å². The van der Waals surface area contributed by atoms with E-state index in [2.05, 4.69) is 43.7 Å². The molecule has 0 aliphatic carbocycles. The number of thiophene rings is 2. The second-order valence-electron chi connectivity index (χ2n) is 14.8. The molecule has 0 saturated carbocycles. The monoisotopic (exact) mass is 861 g/mol. The van der Waals surface area contributed by atoms with Crippen molar-refractivity contribution in [1.82, 2.24) is 4.90 Å². The standard InChI is InChI=1S/C17H21NO2S.C11H14O5.C10H14OS.C10H14O/c1-13(2)17(19)18(12-15-8-6-10-21-15)11-14-7-4-5-9-16(14)20-3;1-7(2)10(12)15-6-8-4-5-9(16-8)11(13)14-3;1-4-8-5-6-9(12-8)10(11)7(2)3;1-8(2)9-4-6-10(11-3)7-5-9/h4-10,13H,11-12H2,1-3H3;4-5,7H,6H2,1-3H3;5-7H,4H2,1-3H3;4-8H,1-3H3. The summed E-state index contributed by atoms with van der Waals surface area (Å²) in [7, 11) is 4.61. The number of aryl methyl sites for hydroxylation is 1. The number of hydrogen-bond acceptors (Lipinski definition) is 11. The summed E-state index contributed by atoms with van der Waals surface area (Å²) in [4.78, 5) is 51.4. The van der Waals surface area contributed by atoms with Crippen LogP contribution in [0.2, 0.25) is 0 Å². The molecule has 5 aromatic rings. The minimum absolute atomic E-state index is 0.0142. The highest BCUT2D eigenvalue weighted by Gasteiger charge is 2.20. The Kier molecular flexibility index (Phi) is 22.8. The Bertz CT molecular complexity index is 2010. The Hall–Kier alpha value is -5.20. The van der Waals surface area contributed by atoms with Gasteiger partial charge in [0, 0.05) is 33.7 Å². The minimum atomic E-state index is -0.554. The molecule has 326 valence electrons. The first-order valence-electron chi connectivity index (χ1n) is 20.1. The molecule has 60 heavy (non-hydrogen) atoms. The first-order chi connectivity index (χ1) is 28.5. The maximum atomic E-state index is 12.5. The van der Waals surface area contributed by atoms with Crippen molar-refractivity contribution in [3.8, 4) is 11.5 Å². The van der Waals surface area contributed by atoms with Crippen molar-refractivity contribution in [2.45, 2.75) is 94.3 Å². The number of ether oxygens (including phenoxy) is 4. The van der Waals surface area contributed by atoms with Gasteiger partial charge in [0.25, 0.3) is 0 Å². The van der Waals surface area contributed by atoms with Gasteiger partial charge in [-0.15, -0.1) is 22.7 Å². The number of methoxy groups -OCH3 is 3. The Balaban J connectivity index is 0.000000285. The molecule has 0 aliphatic rings. The molecule has 0 N–H and O–H groups in total. The second-order valence-corrected chi connectivity index (χ2v) is 17.0. The van der Waals surface area contributed by atoms with Gasteiger partial charge in [0.2, 0.25) is 11.7 Å². The molecular formula is C48H63NO9S2. The average molecular weight is 862 g/mol. The van der Waals surface area contributed by atoms with Gasteiger partial charge < -0.3 is 28.3 Å². The fourth-order valence-corrected chi connectivity index (χ4v) is 6.91. The normalized spacial score (nSPS) is 10.5. The number of amides is 1. The summed E-state index contributed by atoms with van der Waals surface area (Å²) in [6.07, 6.45) is 1.02. The van der Waals surface area contributed by atoms with Crippen LogP contribution in [0.15, 0.2) is 94.7 Å². The third-order valence-corrected chi connectivity index (χ3v) is 10.8. The quantitative estimate of drug-likeness (QED) is 0.0748. The zero-order chi connectivity index (χ0) is 44.8. The summed E-state index contributed by atoms with van der Waals surface area (Å²) in [5, 5.41) is 2.04. The molecule has 0 aliphatic heterocycles. The van der Waals surface area contributed by atoms with Crippen LogP contribution in [0.25, 0.3) is 0 Å². The number of Topliss-reactive ketones (excluding diaryl/α,β-unsaturated/α-hetero) is 1. The van der Waals surface area contributed by atoms with E-state index in [1.54, 1.807) is 56.8 Å². The smallest absolute Gasteiger partial charge is 0.373 e. The molecule has 12 heteroatoms. The first kappa shape index (κ1) is 50.9. The summed E-state index contributed by atoms with van der Waals surface area (Å²) >= 11 is 3.30. The Labute approximate surface area is 364 Å². The molecular weight excluding hydrogens is 799 g/mol. The van der Waals surface area contributed by atoms with Crippen molar-refractivity contribution in [2.75, 3.05) is 21.3 Å². The van der Waals surface area contributed by atoms with Crippen LogP contribution in [0.5, 0.6) is 11.5 Å². The lowest BCUT2D eigenvalue weighted by Gasteiger charge is -2.25. The zero-order valence-electron chi connectivity index (χ0n) is 37.2. The van der Waals surface area contributed by atoms with Gasteiger partial charge in [-0.05, 0) is 71.8 Å². The van der Waals surface area contributed by atoms with Gasteiger partial charge in [-0.2, -0.15) is 0 Å². The maximum Gasteiger partial charge on any atom is 0.373 e. The van der Waals surface area contributed by atoms with Gasteiger partial charge in [-0.3, -0.25) is 14.4 Å². The first-order valence-corrected chi connectivity index (χ1v) is 21.8. The summed E-state index contributed by atoms with van der Waals surface area (Å²) in [6.45, 7) is 18.9. The van der Waals surface area contributed by atoms with Crippen molar-refractivity contribution >= 4 is 46.3 Å². The average Bonchev–Trinajstić information content (AvgIpc) is 4.06. The number of furan rings is 1. The molecule has 10 nitrogen and oxygen atoms in total. The molecule has 5 rings (SSSR count). The van der Waals surface area contributed by atoms with E-state index in [9.17, 15) is 19.2 Å². The van der Waals surface area contributed by atoms with Gasteiger partial charge in [-0.1, -0.05) is 98.7 Å². The highest BCUT2D eigenvalue weighted by molar-refractivity contribution is 7.14. The van der Waals surface area contributed by atoms with Gasteiger partial charge in [-0.25, -0.2) is 4.79 Å². The SMILES string of the molecule is CCc1ccc(C(=O)C(C)C)s1.COC(=O)c1ccc(COC(=O)C(C)C)o1.COc1ccc(C(C)C)cc1.COc1ccccc1CN(Cc1cccs1)C(=O)C(C)C. The number of hydrogen-bond donors (Lipinski definition) is 0. The third kappa shape index (κ3) is 17.6. The lowest BCUT2D eigenvalue weighted by Crippen LogP contribution is -2.33. The van der Waals surface area contributed by atoms with Crippen molar-refractivity contribution < 1.29 is 42.5 Å². The summed E-state index contributed by atoms with van der Waals surface area (Å²) in [5.41, 5.74) is 2.39. The molecule has 0 bridgehead atoms. The largest absolute Gasteiger partial charge is 0.497 e. The van der Waals surface area contributed by atoms with Gasteiger partial charge in [0.05, 0.1) is 38.7 Å². The summed E-state index contributed by atoms with van der Waals surface area (Å²) in [5.74, 6) is 2.34. The summed E-state index contributed by atoms with van der Waals surface area (Å²) in [6, 6.07) is 27.1. The van der Waals surface area contributed by atoms with Crippen LogP contribution in [0.3, 0.4) is 0 Å². The number of carbonyl (C=O) groups excluding carboxylic acids is 4. The Morgan fingerprint density at radius 3 is 1.90 bits per heavy atom. The molecule has 2 aromatic carbocycles. The van der Waals surface area contributed by atoms with Crippen molar-refractivity contribution in [1.29, 1.82) is 0 Å². The fraction of sp³-hybridized carbons (Fsp3) is 0.417. The van der Waals surface area contributed by atoms with Gasteiger partial charge >= 0.3 is 11.9 Å². The van der Waals surface area contributed by atoms with E-state index in [1.807, 2.05) is 92.6 Å². The third-order valence-electron chi connectivity index (χ3n) is 8.72. The number of esters is 2. The molecule has 0 unspecified atom stereocenters. The molecule has 1 amide bonds. The maximum absolute atomic E-state index is 12.5. The van der Waals surface area contributed by atoms with Crippen LogP contribution in [-0.4, -0.2) is 49.9 Å². The van der Waals surface area contributed by atoms with Crippen LogP contribution in [0.4, 0.5) is 0 Å². The predicted octanol–water partition coefficient (Wildman–Crippen LogP) is 11.7. The van der Waals surface area contributed by atoms with Gasteiger partial charge in [0.15, 0.2) is 5.78 Å². The number of ketones is 1. The molecule has 0 spiro atoms. The number of carbonyl (C=O) groups is 4. The molecule has 3 aromatic heterocycles. The second kappa shape index (κ2) is 26.8. The molecule has 0 saturated heterocycles. The summed E-state index contributed by atoms with van der Waals surface area (Å²) < 4.78 is 25.0. The van der Waals surface area contributed by atoms with E-state index >= 15 is 0 Å². The topological polar surface area (TPSA) is 122 Å². The Morgan fingerprint density at radius 2 is 1.38 bits per heavy atom. The highest BCUT2D eigenvalue weighted by atomic mass is 32.1. The minimum Gasteiger partial charge on any atom is -0.497 e. The molecule has 0 radical (unpaired) electrons. The van der Waals surface area contributed by atoms with Crippen LogP contribution < -0.4 is 9.47 Å². The number of para-hydroxylation sites is 1. The van der Waals surface area contributed by atoms with Crippen LogP contribution in [0, 0.1) is 17.8 Å². The molecule has 3 heterocycles. The lowest BCUT2D eigenvalue weighted by molar-refractivity contribution is -0.149. The van der Waals surface area contributed by atoms with E-state index < -0.39 is 5.97 Å². The van der Waals surface area contributed by atoms with E-state index in [0.717, 1.165) is 28.4 Å². The van der Waals surface area contributed by atoms with Gasteiger partial charge in [0.1, 0.15) is 23.9 Å². The highest BCUT2D eigenvalue weighted by Crippen LogP contribution is 2.23. The predicted molar refractivity (Wildman–Crippen MR) is 241 cm³/mol. The number of benzene rings is 2. The Morgan fingerprint density at radius 1 is 0.700 bits per heavy atom. The van der Waals surface area contributed by atoms with Crippen LogP contribution >= 0.6 is 22.7 Å². The fourth-order valence-electron chi connectivity index (χ4n) is 5.16. The van der Waals surface area contributed by atoms with Crippen molar-refractivity contribution in [3.63, 3.8) is 0 Å². The lowest BCUT2D eigenvalue weighted by atomic mass is 10.0. The van der Waals surface area contributed by atoms with Crippen molar-refractivity contribution in [2.24, 2.45) is 17.8 Å². The molecule has 0 fully saturated rings. The number of nitrogens with zero attached hydrogens (tertiary/aromatic N) is 1. The van der Waals surface area contributed by atoms with E-state index in [1.165, 1.54) is 28.5 Å². The number of rotatable bonds is 15.